The van der Waals surface area contributed by atoms with Crippen LogP contribution in [0, 0.1) is 0 Å². The highest BCUT2D eigenvalue weighted by Crippen LogP contribution is 2.24. The Kier molecular flexibility index (Phi) is 6.34. The molecule has 2 heterocycles. The lowest BCUT2D eigenvalue weighted by molar-refractivity contribution is -0.131. The Morgan fingerprint density at radius 2 is 2.00 bits per heavy atom. The van der Waals surface area contributed by atoms with Gasteiger partial charge in [0.1, 0.15) is 0 Å². The van der Waals surface area contributed by atoms with Gasteiger partial charge in [0.25, 0.3) is 0 Å². The van der Waals surface area contributed by atoms with Crippen molar-refractivity contribution in [3.8, 4) is 0 Å². The van der Waals surface area contributed by atoms with Gasteiger partial charge in [0, 0.05) is 56.4 Å². The summed E-state index contributed by atoms with van der Waals surface area (Å²) in [5, 5.41) is 4.52. The Labute approximate surface area is 153 Å². The van der Waals surface area contributed by atoms with Gasteiger partial charge in [0.05, 0.1) is 11.4 Å². The van der Waals surface area contributed by atoms with Crippen LogP contribution in [0.3, 0.4) is 0 Å². The lowest BCUT2D eigenvalue weighted by Gasteiger charge is -2.29. The summed E-state index contributed by atoms with van der Waals surface area (Å²) in [6.45, 7) is 2.51. The maximum atomic E-state index is 12.9. The van der Waals surface area contributed by atoms with E-state index in [1.54, 1.807) is 35.5 Å². The van der Waals surface area contributed by atoms with Crippen molar-refractivity contribution in [3.05, 3.63) is 36.7 Å². The number of benzene rings is 1. The van der Waals surface area contributed by atoms with Crippen molar-refractivity contribution in [3.63, 3.8) is 0 Å². The third-order valence-corrected chi connectivity index (χ3v) is 6.02. The maximum Gasteiger partial charge on any atom is 0.243 e. The number of fused-ring (bicyclic) bond motifs is 1. The molecule has 136 valence electrons. The standard InChI is InChI=1S/C16H20N4O3S.ClH/c1-19(12-16(21)20-9-7-17-8-10-20)24(22,23)15-4-2-3-13-11-18-6-5-14(13)15;/h2-6,11,17H,7-10,12H2,1H3;1H. The van der Waals surface area contributed by atoms with Crippen molar-refractivity contribution in [2.75, 3.05) is 39.8 Å². The number of nitrogens with zero attached hydrogens (tertiary/aromatic N) is 3. The summed E-state index contributed by atoms with van der Waals surface area (Å²) < 4.78 is 26.9. The van der Waals surface area contributed by atoms with Crippen LogP contribution in [-0.4, -0.2) is 68.3 Å². The van der Waals surface area contributed by atoms with Gasteiger partial charge in [-0.2, -0.15) is 4.31 Å². The molecule has 1 aliphatic heterocycles. The van der Waals surface area contributed by atoms with E-state index in [9.17, 15) is 13.2 Å². The van der Waals surface area contributed by atoms with Crippen LogP contribution >= 0.6 is 12.4 Å². The third-order valence-electron chi connectivity index (χ3n) is 4.16. The zero-order chi connectivity index (χ0) is 17.2. The predicted molar refractivity (Wildman–Crippen MR) is 98.3 cm³/mol. The number of hydrogen-bond donors (Lipinski definition) is 1. The number of pyridine rings is 1. The van der Waals surface area contributed by atoms with Crippen LogP contribution in [0.1, 0.15) is 0 Å². The molecule has 0 radical (unpaired) electrons. The van der Waals surface area contributed by atoms with E-state index in [0.29, 0.717) is 18.5 Å². The minimum atomic E-state index is -3.76. The normalized spacial score (nSPS) is 15.2. The quantitative estimate of drug-likeness (QED) is 0.839. The minimum Gasteiger partial charge on any atom is -0.339 e. The van der Waals surface area contributed by atoms with Gasteiger partial charge in [0.2, 0.25) is 15.9 Å². The highest BCUT2D eigenvalue weighted by atomic mass is 35.5. The fourth-order valence-corrected chi connectivity index (χ4v) is 4.11. The molecular formula is C16H21ClN4O3S. The molecule has 1 amide bonds. The topological polar surface area (TPSA) is 82.6 Å². The van der Waals surface area contributed by atoms with Gasteiger partial charge in [0.15, 0.2) is 0 Å². The van der Waals surface area contributed by atoms with Crippen molar-refractivity contribution < 1.29 is 13.2 Å². The molecule has 0 spiro atoms. The second kappa shape index (κ2) is 8.09. The Morgan fingerprint density at radius 3 is 2.72 bits per heavy atom. The molecular weight excluding hydrogens is 364 g/mol. The number of nitrogens with one attached hydrogen (secondary N) is 1. The van der Waals surface area contributed by atoms with E-state index in [2.05, 4.69) is 10.3 Å². The van der Waals surface area contributed by atoms with E-state index < -0.39 is 10.0 Å². The fourth-order valence-electron chi connectivity index (χ4n) is 2.78. The lowest BCUT2D eigenvalue weighted by atomic mass is 10.2. The highest BCUT2D eigenvalue weighted by Gasteiger charge is 2.27. The number of hydrogen-bond acceptors (Lipinski definition) is 5. The molecule has 25 heavy (non-hydrogen) atoms. The molecule has 0 atom stereocenters. The first kappa shape index (κ1) is 19.6. The summed E-state index contributed by atoms with van der Waals surface area (Å²) in [5.74, 6) is -0.176. The van der Waals surface area contributed by atoms with Crippen molar-refractivity contribution in [2.45, 2.75) is 4.90 Å². The molecule has 0 unspecified atom stereocenters. The zero-order valence-electron chi connectivity index (χ0n) is 13.9. The van der Waals surface area contributed by atoms with Crippen LogP contribution in [-0.2, 0) is 14.8 Å². The Morgan fingerprint density at radius 1 is 1.28 bits per heavy atom. The number of sulfonamides is 1. The Bertz CT molecular complexity index is 848. The van der Waals surface area contributed by atoms with E-state index in [1.165, 1.54) is 7.05 Å². The van der Waals surface area contributed by atoms with Gasteiger partial charge in [-0.3, -0.25) is 9.78 Å². The summed E-state index contributed by atoms with van der Waals surface area (Å²) >= 11 is 0. The summed E-state index contributed by atoms with van der Waals surface area (Å²) in [7, 11) is -2.32. The smallest absolute Gasteiger partial charge is 0.243 e. The number of carbonyl (C=O) groups excluding carboxylic acids is 1. The number of amides is 1. The van der Waals surface area contributed by atoms with Gasteiger partial charge in [-0.1, -0.05) is 12.1 Å². The highest BCUT2D eigenvalue weighted by molar-refractivity contribution is 7.89. The fraction of sp³-hybridized carbons (Fsp3) is 0.375. The largest absolute Gasteiger partial charge is 0.339 e. The molecule has 0 saturated carbocycles. The number of likely N-dealkylation sites (N-methyl/N-ethyl adjacent to an activating group) is 1. The van der Waals surface area contributed by atoms with Gasteiger partial charge < -0.3 is 10.2 Å². The van der Waals surface area contributed by atoms with Crippen molar-refractivity contribution in [1.29, 1.82) is 0 Å². The molecule has 1 saturated heterocycles. The monoisotopic (exact) mass is 384 g/mol. The van der Waals surface area contributed by atoms with E-state index in [-0.39, 0.29) is 29.8 Å². The van der Waals surface area contributed by atoms with Crippen LogP contribution < -0.4 is 5.32 Å². The average Bonchev–Trinajstić information content (AvgIpc) is 2.61. The SMILES string of the molecule is CN(CC(=O)N1CCNCC1)S(=O)(=O)c1cccc2cnccc12.Cl. The number of halogens is 1. The molecule has 1 aromatic heterocycles. The molecule has 1 aliphatic rings. The van der Waals surface area contributed by atoms with Crippen LogP contribution in [0.5, 0.6) is 0 Å². The van der Waals surface area contributed by atoms with Crippen LogP contribution in [0.25, 0.3) is 10.8 Å². The Balaban J connectivity index is 0.00000225. The van der Waals surface area contributed by atoms with Crippen LogP contribution in [0.4, 0.5) is 0 Å². The number of aromatic nitrogens is 1. The summed E-state index contributed by atoms with van der Waals surface area (Å²) in [5.41, 5.74) is 0. The van der Waals surface area contributed by atoms with Gasteiger partial charge in [-0.05, 0) is 12.1 Å². The molecule has 1 aromatic carbocycles. The first-order valence-electron chi connectivity index (χ1n) is 7.78. The van der Waals surface area contributed by atoms with E-state index in [4.69, 9.17) is 0 Å². The molecule has 1 fully saturated rings. The van der Waals surface area contributed by atoms with Crippen LogP contribution in [0.2, 0.25) is 0 Å². The van der Waals surface area contributed by atoms with Crippen molar-refractivity contribution in [1.82, 2.24) is 19.5 Å². The second-order valence-electron chi connectivity index (χ2n) is 5.74. The third kappa shape index (κ3) is 4.09. The molecule has 2 aromatic rings. The molecule has 0 aliphatic carbocycles. The lowest BCUT2D eigenvalue weighted by Crippen LogP contribution is -2.49. The van der Waals surface area contributed by atoms with Crippen molar-refractivity contribution in [2.24, 2.45) is 0 Å². The molecule has 1 N–H and O–H groups in total. The number of carbonyl (C=O) groups is 1. The predicted octanol–water partition coefficient (Wildman–Crippen LogP) is 0.709. The summed E-state index contributed by atoms with van der Waals surface area (Å²) in [6.07, 6.45) is 3.19. The first-order valence-corrected chi connectivity index (χ1v) is 9.22. The van der Waals surface area contributed by atoms with Gasteiger partial charge in [-0.15, -0.1) is 12.4 Å². The minimum absolute atomic E-state index is 0. The molecule has 0 bridgehead atoms. The van der Waals surface area contributed by atoms with E-state index in [0.717, 1.165) is 22.8 Å². The summed E-state index contributed by atoms with van der Waals surface area (Å²) in [6, 6.07) is 6.73. The zero-order valence-corrected chi connectivity index (χ0v) is 15.5. The second-order valence-corrected chi connectivity index (χ2v) is 7.76. The maximum absolute atomic E-state index is 12.9. The van der Waals surface area contributed by atoms with Gasteiger partial charge in [-0.25, -0.2) is 8.42 Å². The van der Waals surface area contributed by atoms with Crippen molar-refractivity contribution >= 4 is 39.1 Å². The number of rotatable bonds is 4. The first-order chi connectivity index (χ1) is 11.5. The Hall–Kier alpha value is -1.74. The van der Waals surface area contributed by atoms with Gasteiger partial charge >= 0.3 is 0 Å². The van der Waals surface area contributed by atoms with E-state index in [1.807, 2.05) is 6.07 Å². The molecule has 3 rings (SSSR count). The number of piperazine rings is 1. The molecule has 9 heteroatoms. The average molecular weight is 385 g/mol. The van der Waals surface area contributed by atoms with E-state index >= 15 is 0 Å². The summed E-state index contributed by atoms with van der Waals surface area (Å²) in [4.78, 5) is 18.2. The molecule has 7 nitrogen and oxygen atoms in total. The van der Waals surface area contributed by atoms with Crippen LogP contribution in [0.15, 0.2) is 41.6 Å².